The molecule has 1 fully saturated rings. The summed E-state index contributed by atoms with van der Waals surface area (Å²) in [5.74, 6) is 1.34. The van der Waals surface area contributed by atoms with E-state index in [4.69, 9.17) is 10.5 Å². The minimum Gasteiger partial charge on any atom is -0.382 e. The number of rotatable bonds is 8. The smallest absolute Gasteiger partial charge is 0.188 e. The molecule has 0 radical (unpaired) electrons. The lowest BCUT2D eigenvalue weighted by molar-refractivity contribution is 0.0845. The van der Waals surface area contributed by atoms with Crippen LogP contribution in [-0.2, 0) is 4.74 Å². The molecule has 3 N–H and O–H groups in total. The van der Waals surface area contributed by atoms with Crippen molar-refractivity contribution in [3.05, 3.63) is 0 Å². The molecule has 0 spiro atoms. The van der Waals surface area contributed by atoms with Gasteiger partial charge in [0.15, 0.2) is 5.96 Å². The van der Waals surface area contributed by atoms with Crippen LogP contribution in [0.15, 0.2) is 4.99 Å². The topological polar surface area (TPSA) is 62.9 Å². The van der Waals surface area contributed by atoms with E-state index in [1.54, 1.807) is 0 Å². The predicted octanol–water partition coefficient (Wildman–Crippen LogP) is 1.83. The Balaban J connectivity index is 2.42. The van der Waals surface area contributed by atoms with Crippen LogP contribution in [0.25, 0.3) is 0 Å². The maximum absolute atomic E-state index is 5.98. The van der Waals surface area contributed by atoms with E-state index in [9.17, 15) is 0 Å². The Bertz CT molecular complexity index is 319. The van der Waals surface area contributed by atoms with Crippen LogP contribution in [0.5, 0.6) is 0 Å². The van der Waals surface area contributed by atoms with Crippen LogP contribution >= 0.6 is 0 Å². The van der Waals surface area contributed by atoms with E-state index in [1.807, 2.05) is 6.92 Å². The third kappa shape index (κ3) is 6.22. The van der Waals surface area contributed by atoms with Gasteiger partial charge in [0.2, 0.25) is 0 Å². The fourth-order valence-corrected chi connectivity index (χ4v) is 3.15. The van der Waals surface area contributed by atoms with E-state index in [0.717, 1.165) is 38.6 Å². The fraction of sp³-hybridized carbons (Fsp3) is 0.938. The highest BCUT2D eigenvalue weighted by atomic mass is 16.5. The van der Waals surface area contributed by atoms with Gasteiger partial charge in [-0.2, -0.15) is 0 Å². The average Bonchev–Trinajstić information content (AvgIpc) is 2.45. The third-order valence-corrected chi connectivity index (χ3v) is 4.54. The zero-order valence-corrected chi connectivity index (χ0v) is 14.3. The van der Waals surface area contributed by atoms with Crippen LogP contribution in [-0.4, -0.2) is 56.8 Å². The van der Waals surface area contributed by atoms with Crippen molar-refractivity contribution in [3.63, 3.8) is 0 Å². The first-order chi connectivity index (χ1) is 10.00. The second-order valence-corrected chi connectivity index (χ2v) is 6.50. The Labute approximate surface area is 130 Å². The van der Waals surface area contributed by atoms with Gasteiger partial charge in [-0.25, -0.2) is 0 Å². The number of nitrogens with one attached hydrogen (secondary N) is 1. The van der Waals surface area contributed by atoms with Gasteiger partial charge < -0.3 is 20.7 Å². The summed E-state index contributed by atoms with van der Waals surface area (Å²) in [4.78, 5) is 6.94. The second kappa shape index (κ2) is 9.26. The van der Waals surface area contributed by atoms with E-state index in [1.165, 1.54) is 25.7 Å². The molecule has 5 heteroatoms. The van der Waals surface area contributed by atoms with Crippen LogP contribution in [0.3, 0.4) is 0 Å². The molecule has 1 aliphatic rings. The first-order valence-electron chi connectivity index (χ1n) is 8.29. The van der Waals surface area contributed by atoms with Gasteiger partial charge in [0.25, 0.3) is 0 Å². The number of nitrogens with two attached hydrogens (primary N) is 1. The summed E-state index contributed by atoms with van der Waals surface area (Å²) in [6.45, 7) is 7.50. The van der Waals surface area contributed by atoms with Gasteiger partial charge in [0.05, 0.1) is 6.54 Å². The lowest BCUT2D eigenvalue weighted by Gasteiger charge is -2.44. The maximum Gasteiger partial charge on any atom is 0.188 e. The van der Waals surface area contributed by atoms with Gasteiger partial charge in [-0.1, -0.05) is 19.8 Å². The molecule has 5 nitrogen and oxygen atoms in total. The van der Waals surface area contributed by atoms with Gasteiger partial charge >= 0.3 is 0 Å². The average molecular weight is 298 g/mol. The maximum atomic E-state index is 5.98. The number of guanidine groups is 1. The normalized spacial score (nSPS) is 27.1. The van der Waals surface area contributed by atoms with Crippen molar-refractivity contribution in [2.24, 2.45) is 16.6 Å². The van der Waals surface area contributed by atoms with Gasteiger partial charge in [0, 0.05) is 25.3 Å². The molecule has 0 aromatic heterocycles. The molecule has 1 rings (SSSR count). The van der Waals surface area contributed by atoms with Crippen LogP contribution in [0.4, 0.5) is 0 Å². The van der Waals surface area contributed by atoms with Crippen LogP contribution < -0.4 is 11.1 Å². The van der Waals surface area contributed by atoms with Crippen molar-refractivity contribution in [1.82, 2.24) is 10.2 Å². The van der Waals surface area contributed by atoms with E-state index < -0.39 is 0 Å². The van der Waals surface area contributed by atoms with E-state index in [2.05, 4.69) is 36.2 Å². The zero-order valence-electron chi connectivity index (χ0n) is 14.3. The Morgan fingerprint density at radius 2 is 2.24 bits per heavy atom. The van der Waals surface area contributed by atoms with Crippen molar-refractivity contribution in [2.75, 3.05) is 40.4 Å². The molecule has 0 aromatic carbocycles. The number of aliphatic imine (C=N–C) groups is 1. The van der Waals surface area contributed by atoms with Gasteiger partial charge in [-0.3, -0.25) is 4.99 Å². The third-order valence-electron chi connectivity index (χ3n) is 4.54. The predicted molar refractivity (Wildman–Crippen MR) is 89.7 cm³/mol. The van der Waals surface area contributed by atoms with Gasteiger partial charge in [-0.15, -0.1) is 0 Å². The highest BCUT2D eigenvalue weighted by molar-refractivity contribution is 5.77. The SMILES string of the molecule is CCOCCCNC(N)=NCC1(N(C)C)CCCC(C)C1. The molecule has 1 saturated carbocycles. The van der Waals surface area contributed by atoms with E-state index in [0.29, 0.717) is 5.96 Å². The molecule has 0 bridgehead atoms. The molecule has 0 aromatic rings. The lowest BCUT2D eigenvalue weighted by Crippen LogP contribution is -2.50. The number of likely N-dealkylation sites (N-methyl/N-ethyl adjacent to an activating group) is 1. The Hall–Kier alpha value is -0.810. The Morgan fingerprint density at radius 1 is 1.48 bits per heavy atom. The standard InChI is InChI=1S/C16H34N4O/c1-5-21-11-7-10-18-15(17)19-13-16(20(3)4)9-6-8-14(2)12-16/h14H,5-13H2,1-4H3,(H3,17,18,19). The molecule has 124 valence electrons. The number of hydrogen-bond donors (Lipinski definition) is 2. The molecule has 0 aliphatic heterocycles. The molecule has 2 atom stereocenters. The van der Waals surface area contributed by atoms with Crippen LogP contribution in [0.1, 0.15) is 46.0 Å². The number of ether oxygens (including phenoxy) is 1. The number of hydrogen-bond acceptors (Lipinski definition) is 3. The first-order valence-corrected chi connectivity index (χ1v) is 8.29. The Morgan fingerprint density at radius 3 is 2.86 bits per heavy atom. The van der Waals surface area contributed by atoms with Crippen molar-refractivity contribution in [1.29, 1.82) is 0 Å². The highest BCUT2D eigenvalue weighted by Gasteiger charge is 2.36. The van der Waals surface area contributed by atoms with Crippen molar-refractivity contribution in [3.8, 4) is 0 Å². The zero-order chi connectivity index (χ0) is 15.7. The second-order valence-electron chi connectivity index (χ2n) is 6.50. The molecule has 1 aliphatic carbocycles. The number of nitrogens with zero attached hydrogens (tertiary/aromatic N) is 2. The summed E-state index contributed by atoms with van der Waals surface area (Å²) in [5.41, 5.74) is 6.15. The molecule has 21 heavy (non-hydrogen) atoms. The summed E-state index contributed by atoms with van der Waals surface area (Å²) in [6, 6.07) is 0. The minimum absolute atomic E-state index is 0.176. The fourth-order valence-electron chi connectivity index (χ4n) is 3.15. The molecule has 0 heterocycles. The quantitative estimate of drug-likeness (QED) is 0.408. The molecule has 2 unspecified atom stereocenters. The van der Waals surface area contributed by atoms with Gasteiger partial charge in [-0.05, 0) is 46.2 Å². The summed E-state index contributed by atoms with van der Waals surface area (Å²) >= 11 is 0. The monoisotopic (exact) mass is 298 g/mol. The van der Waals surface area contributed by atoms with Crippen molar-refractivity contribution in [2.45, 2.75) is 51.5 Å². The molecular formula is C16H34N4O. The highest BCUT2D eigenvalue weighted by Crippen LogP contribution is 2.35. The summed E-state index contributed by atoms with van der Waals surface area (Å²) in [5, 5.41) is 3.18. The summed E-state index contributed by atoms with van der Waals surface area (Å²) < 4.78 is 5.30. The Kier molecular flexibility index (Phi) is 8.04. The van der Waals surface area contributed by atoms with Crippen LogP contribution in [0.2, 0.25) is 0 Å². The van der Waals surface area contributed by atoms with E-state index in [-0.39, 0.29) is 5.54 Å². The molecule has 0 amide bonds. The van der Waals surface area contributed by atoms with Crippen LogP contribution in [0, 0.1) is 5.92 Å². The van der Waals surface area contributed by atoms with Crippen molar-refractivity contribution < 1.29 is 4.74 Å². The van der Waals surface area contributed by atoms with Gasteiger partial charge in [0.1, 0.15) is 0 Å². The first kappa shape index (κ1) is 18.2. The molecule has 0 saturated heterocycles. The minimum atomic E-state index is 0.176. The molecular weight excluding hydrogens is 264 g/mol. The summed E-state index contributed by atoms with van der Waals surface area (Å²) in [7, 11) is 4.33. The van der Waals surface area contributed by atoms with Crippen molar-refractivity contribution >= 4 is 5.96 Å². The summed E-state index contributed by atoms with van der Waals surface area (Å²) in [6.07, 6.45) is 6.01. The van der Waals surface area contributed by atoms with E-state index >= 15 is 0 Å². The lowest BCUT2D eigenvalue weighted by atomic mass is 9.75. The largest absolute Gasteiger partial charge is 0.382 e.